The fourth-order valence-corrected chi connectivity index (χ4v) is 2.08. The smallest absolute Gasteiger partial charge is 0.338 e. The van der Waals surface area contributed by atoms with E-state index in [1.54, 1.807) is 36.4 Å². The number of rotatable bonds is 6. The lowest BCUT2D eigenvalue weighted by Gasteiger charge is -2.07. The fourth-order valence-electron chi connectivity index (χ4n) is 2.08. The Morgan fingerprint density at radius 3 is 2.65 bits per heavy atom. The molecule has 0 saturated carbocycles. The molecule has 2 aromatic rings. The average molecular weight is 315 g/mol. The molecule has 0 saturated heterocycles. The minimum absolute atomic E-state index is 0.280. The standard InChI is InChI=1S/C18H18FNO3/c1-13-5-4-7-15(11-13)18(22)23-12-17(21)20-10-9-14-6-2-3-8-16(14)19/h2-8,11H,9-10,12H2,1H3,(H,20,21). The maximum absolute atomic E-state index is 13.4. The molecule has 0 atom stereocenters. The number of amides is 1. The van der Waals surface area contributed by atoms with E-state index in [0.717, 1.165) is 5.56 Å². The second kappa shape index (κ2) is 8.08. The van der Waals surface area contributed by atoms with Crippen LogP contribution in [0.25, 0.3) is 0 Å². The van der Waals surface area contributed by atoms with Gasteiger partial charge in [0.1, 0.15) is 5.82 Å². The van der Waals surface area contributed by atoms with Crippen molar-refractivity contribution in [1.82, 2.24) is 5.32 Å². The lowest BCUT2D eigenvalue weighted by Crippen LogP contribution is -2.30. The third-order valence-electron chi connectivity index (χ3n) is 3.26. The van der Waals surface area contributed by atoms with Crippen molar-refractivity contribution in [2.75, 3.05) is 13.2 Å². The largest absolute Gasteiger partial charge is 0.452 e. The van der Waals surface area contributed by atoms with Gasteiger partial charge in [-0.15, -0.1) is 0 Å². The van der Waals surface area contributed by atoms with Gasteiger partial charge in [0, 0.05) is 6.54 Å². The van der Waals surface area contributed by atoms with Gasteiger partial charge in [-0.05, 0) is 37.1 Å². The number of carbonyl (C=O) groups is 2. The topological polar surface area (TPSA) is 55.4 Å². The number of carbonyl (C=O) groups excluding carboxylic acids is 2. The van der Waals surface area contributed by atoms with Gasteiger partial charge >= 0.3 is 5.97 Å². The summed E-state index contributed by atoms with van der Waals surface area (Å²) in [4.78, 5) is 23.4. The van der Waals surface area contributed by atoms with E-state index in [9.17, 15) is 14.0 Å². The minimum atomic E-state index is -0.544. The Morgan fingerprint density at radius 2 is 1.91 bits per heavy atom. The zero-order chi connectivity index (χ0) is 16.7. The van der Waals surface area contributed by atoms with Crippen LogP contribution in [0.15, 0.2) is 48.5 Å². The summed E-state index contributed by atoms with van der Waals surface area (Å²) < 4.78 is 18.4. The van der Waals surface area contributed by atoms with E-state index in [1.807, 2.05) is 13.0 Å². The third-order valence-corrected chi connectivity index (χ3v) is 3.26. The minimum Gasteiger partial charge on any atom is -0.452 e. The first kappa shape index (κ1) is 16.7. The van der Waals surface area contributed by atoms with Gasteiger partial charge in [0.05, 0.1) is 5.56 Å². The van der Waals surface area contributed by atoms with E-state index < -0.39 is 11.9 Å². The highest BCUT2D eigenvalue weighted by Gasteiger charge is 2.10. The maximum atomic E-state index is 13.4. The van der Waals surface area contributed by atoms with Crippen molar-refractivity contribution in [2.45, 2.75) is 13.3 Å². The first-order valence-corrected chi connectivity index (χ1v) is 7.30. The fraction of sp³-hybridized carbons (Fsp3) is 0.222. The first-order chi connectivity index (χ1) is 11.1. The van der Waals surface area contributed by atoms with Crippen molar-refractivity contribution in [3.05, 3.63) is 71.0 Å². The van der Waals surface area contributed by atoms with Crippen LogP contribution < -0.4 is 5.32 Å². The van der Waals surface area contributed by atoms with Crippen LogP contribution in [0.3, 0.4) is 0 Å². The molecule has 1 amide bonds. The van der Waals surface area contributed by atoms with Crippen molar-refractivity contribution in [2.24, 2.45) is 0 Å². The van der Waals surface area contributed by atoms with Crippen molar-refractivity contribution in [1.29, 1.82) is 0 Å². The summed E-state index contributed by atoms with van der Waals surface area (Å²) >= 11 is 0. The average Bonchev–Trinajstić information content (AvgIpc) is 2.54. The Hall–Kier alpha value is -2.69. The molecular weight excluding hydrogens is 297 g/mol. The summed E-state index contributed by atoms with van der Waals surface area (Å²) in [5, 5.41) is 2.59. The van der Waals surface area contributed by atoms with Crippen molar-refractivity contribution in [3.8, 4) is 0 Å². The zero-order valence-electron chi connectivity index (χ0n) is 12.8. The van der Waals surface area contributed by atoms with Crippen LogP contribution in [0, 0.1) is 12.7 Å². The Balaban J connectivity index is 1.73. The Bertz CT molecular complexity index is 700. The van der Waals surface area contributed by atoms with Crippen molar-refractivity contribution in [3.63, 3.8) is 0 Å². The second-order valence-corrected chi connectivity index (χ2v) is 5.14. The molecule has 0 aliphatic heterocycles. The summed E-state index contributed by atoms with van der Waals surface area (Å²) in [7, 11) is 0. The van der Waals surface area contributed by atoms with E-state index in [0.29, 0.717) is 17.5 Å². The van der Waals surface area contributed by atoms with Crippen LogP contribution in [-0.4, -0.2) is 25.0 Å². The van der Waals surface area contributed by atoms with Crippen LogP contribution in [0.1, 0.15) is 21.5 Å². The van der Waals surface area contributed by atoms with Crippen LogP contribution in [0.4, 0.5) is 4.39 Å². The number of ether oxygens (including phenoxy) is 1. The van der Waals surface area contributed by atoms with Gasteiger partial charge in [0.15, 0.2) is 6.61 Å². The molecule has 5 heteroatoms. The van der Waals surface area contributed by atoms with Gasteiger partial charge in [0.2, 0.25) is 0 Å². The number of halogens is 1. The molecule has 0 heterocycles. The number of aryl methyl sites for hydroxylation is 1. The number of benzene rings is 2. The van der Waals surface area contributed by atoms with Crippen LogP contribution in [0.2, 0.25) is 0 Å². The predicted molar refractivity (Wildman–Crippen MR) is 84.6 cm³/mol. The van der Waals surface area contributed by atoms with E-state index >= 15 is 0 Å². The molecule has 0 aliphatic rings. The van der Waals surface area contributed by atoms with Gasteiger partial charge in [0.25, 0.3) is 5.91 Å². The van der Waals surface area contributed by atoms with Gasteiger partial charge in [-0.25, -0.2) is 9.18 Å². The van der Waals surface area contributed by atoms with Gasteiger partial charge < -0.3 is 10.1 Å². The SMILES string of the molecule is Cc1cccc(C(=O)OCC(=O)NCCc2ccccc2F)c1. The molecule has 0 aliphatic carbocycles. The highest BCUT2D eigenvalue weighted by atomic mass is 19.1. The first-order valence-electron chi connectivity index (χ1n) is 7.30. The monoisotopic (exact) mass is 315 g/mol. The van der Waals surface area contributed by atoms with Gasteiger partial charge in [-0.3, -0.25) is 4.79 Å². The molecule has 2 aromatic carbocycles. The molecule has 4 nitrogen and oxygen atoms in total. The van der Waals surface area contributed by atoms with Crippen LogP contribution in [-0.2, 0) is 16.0 Å². The molecule has 0 radical (unpaired) electrons. The molecule has 23 heavy (non-hydrogen) atoms. The quantitative estimate of drug-likeness (QED) is 0.834. The summed E-state index contributed by atoms with van der Waals surface area (Å²) in [6, 6.07) is 13.3. The van der Waals surface area contributed by atoms with E-state index in [1.165, 1.54) is 6.07 Å². The normalized spacial score (nSPS) is 10.2. The summed E-state index contributed by atoms with van der Waals surface area (Å²) in [5.74, 6) is -1.26. The summed E-state index contributed by atoms with van der Waals surface area (Å²) in [6.07, 6.45) is 0.379. The number of hydrogen-bond acceptors (Lipinski definition) is 3. The highest BCUT2D eigenvalue weighted by molar-refractivity contribution is 5.91. The van der Waals surface area contributed by atoms with E-state index in [-0.39, 0.29) is 19.0 Å². The molecule has 1 N–H and O–H groups in total. The second-order valence-electron chi connectivity index (χ2n) is 5.14. The highest BCUT2D eigenvalue weighted by Crippen LogP contribution is 2.07. The molecule has 2 rings (SSSR count). The predicted octanol–water partition coefficient (Wildman–Crippen LogP) is 2.65. The molecule has 120 valence electrons. The Labute approximate surface area is 134 Å². The summed E-state index contributed by atoms with van der Waals surface area (Å²) in [6.45, 7) is 1.79. The third kappa shape index (κ3) is 5.21. The number of hydrogen-bond donors (Lipinski definition) is 1. The lowest BCUT2D eigenvalue weighted by molar-refractivity contribution is -0.124. The molecule has 0 unspecified atom stereocenters. The summed E-state index contributed by atoms with van der Waals surface area (Å²) in [5.41, 5.74) is 1.88. The Kier molecular flexibility index (Phi) is 5.86. The van der Waals surface area contributed by atoms with Crippen molar-refractivity contribution >= 4 is 11.9 Å². The van der Waals surface area contributed by atoms with E-state index in [2.05, 4.69) is 5.32 Å². The van der Waals surface area contributed by atoms with Crippen molar-refractivity contribution < 1.29 is 18.7 Å². The van der Waals surface area contributed by atoms with Crippen LogP contribution in [0.5, 0.6) is 0 Å². The molecule has 0 spiro atoms. The Morgan fingerprint density at radius 1 is 1.13 bits per heavy atom. The maximum Gasteiger partial charge on any atom is 0.338 e. The number of esters is 1. The van der Waals surface area contributed by atoms with E-state index in [4.69, 9.17) is 4.74 Å². The lowest BCUT2D eigenvalue weighted by atomic mass is 10.1. The zero-order valence-corrected chi connectivity index (χ0v) is 12.8. The molecular formula is C18H18FNO3. The molecule has 0 aromatic heterocycles. The van der Waals surface area contributed by atoms with Gasteiger partial charge in [-0.1, -0.05) is 35.9 Å². The van der Waals surface area contributed by atoms with Gasteiger partial charge in [-0.2, -0.15) is 0 Å². The molecule has 0 bridgehead atoms. The number of nitrogens with one attached hydrogen (secondary N) is 1. The van der Waals surface area contributed by atoms with Crippen LogP contribution >= 0.6 is 0 Å². The molecule has 0 fully saturated rings.